The summed E-state index contributed by atoms with van der Waals surface area (Å²) in [7, 11) is 0. The van der Waals surface area contributed by atoms with Gasteiger partial charge in [0.1, 0.15) is 11.7 Å². The second-order valence-electron chi connectivity index (χ2n) is 4.54. The molecule has 1 aromatic carbocycles. The minimum absolute atomic E-state index is 0.108. The standard InChI is InChI=1S/C14H13ClFNO2/c15-13-6-10(16)3-4-11(13)12(7-17)14(18)9-2-1-5-19-8-9/h3-4,6,9,12H,1-2,5,8H2. The molecular weight excluding hydrogens is 269 g/mol. The molecular formula is C14H13ClFNO2. The van der Waals surface area contributed by atoms with Crippen LogP contribution in [0.2, 0.25) is 5.02 Å². The zero-order chi connectivity index (χ0) is 13.8. The molecule has 0 spiro atoms. The number of Topliss-reactive ketones (excluding diaryl/α,β-unsaturated/α-hetero) is 1. The maximum absolute atomic E-state index is 13.0. The van der Waals surface area contributed by atoms with Crippen LogP contribution in [0.5, 0.6) is 0 Å². The van der Waals surface area contributed by atoms with E-state index in [0.29, 0.717) is 18.8 Å². The fourth-order valence-electron chi connectivity index (χ4n) is 2.22. The van der Waals surface area contributed by atoms with Gasteiger partial charge in [-0.2, -0.15) is 5.26 Å². The summed E-state index contributed by atoms with van der Waals surface area (Å²) in [5.74, 6) is -1.92. The number of ketones is 1. The molecule has 5 heteroatoms. The lowest BCUT2D eigenvalue weighted by Crippen LogP contribution is -2.29. The van der Waals surface area contributed by atoms with Gasteiger partial charge in [0.2, 0.25) is 0 Å². The molecule has 1 aliphatic rings. The SMILES string of the molecule is N#CC(C(=O)C1CCCOC1)c1ccc(F)cc1Cl. The van der Waals surface area contributed by atoms with Gasteiger partial charge in [-0.25, -0.2) is 4.39 Å². The second-order valence-corrected chi connectivity index (χ2v) is 4.95. The van der Waals surface area contributed by atoms with Gasteiger partial charge in [-0.3, -0.25) is 4.79 Å². The van der Waals surface area contributed by atoms with Crippen LogP contribution in [0.1, 0.15) is 24.3 Å². The van der Waals surface area contributed by atoms with Gasteiger partial charge in [0.25, 0.3) is 0 Å². The number of nitrogens with zero attached hydrogens (tertiary/aromatic N) is 1. The zero-order valence-electron chi connectivity index (χ0n) is 10.2. The monoisotopic (exact) mass is 281 g/mol. The molecule has 1 aromatic rings. The molecule has 0 aromatic heterocycles. The summed E-state index contributed by atoms with van der Waals surface area (Å²) in [5.41, 5.74) is 0.362. The van der Waals surface area contributed by atoms with Crippen LogP contribution in [0, 0.1) is 23.1 Å². The summed E-state index contributed by atoms with van der Waals surface area (Å²) in [5, 5.41) is 9.32. The number of hydrogen-bond acceptors (Lipinski definition) is 3. The Morgan fingerprint density at radius 2 is 2.37 bits per heavy atom. The summed E-state index contributed by atoms with van der Waals surface area (Å²) in [6, 6.07) is 5.68. The van der Waals surface area contributed by atoms with Gasteiger partial charge in [-0.15, -0.1) is 0 Å². The first-order valence-electron chi connectivity index (χ1n) is 6.09. The quantitative estimate of drug-likeness (QED) is 0.855. The molecule has 3 nitrogen and oxygen atoms in total. The lowest BCUT2D eigenvalue weighted by atomic mass is 9.85. The molecule has 0 bridgehead atoms. The van der Waals surface area contributed by atoms with E-state index in [-0.39, 0.29) is 16.7 Å². The first kappa shape index (κ1) is 14.0. The highest BCUT2D eigenvalue weighted by Crippen LogP contribution is 2.30. The van der Waals surface area contributed by atoms with Crippen LogP contribution in [0.25, 0.3) is 0 Å². The van der Waals surface area contributed by atoms with Crippen molar-refractivity contribution in [2.24, 2.45) is 5.92 Å². The molecule has 2 atom stereocenters. The highest BCUT2D eigenvalue weighted by atomic mass is 35.5. The Bertz CT molecular complexity index is 521. The number of hydrogen-bond donors (Lipinski definition) is 0. The molecule has 100 valence electrons. The van der Waals surface area contributed by atoms with Crippen molar-refractivity contribution >= 4 is 17.4 Å². The molecule has 1 aliphatic heterocycles. The third kappa shape index (κ3) is 3.12. The van der Waals surface area contributed by atoms with Gasteiger partial charge < -0.3 is 4.74 Å². The van der Waals surface area contributed by atoms with Crippen LogP contribution < -0.4 is 0 Å². The fourth-order valence-corrected chi connectivity index (χ4v) is 2.50. The van der Waals surface area contributed by atoms with E-state index in [1.54, 1.807) is 0 Å². The fraction of sp³-hybridized carbons (Fsp3) is 0.429. The Hall–Kier alpha value is -1.44. The zero-order valence-corrected chi connectivity index (χ0v) is 11.0. The molecule has 1 heterocycles. The summed E-state index contributed by atoms with van der Waals surface area (Å²) in [6.45, 7) is 0.994. The summed E-state index contributed by atoms with van der Waals surface area (Å²) in [4.78, 5) is 12.3. The lowest BCUT2D eigenvalue weighted by molar-refractivity contribution is -0.127. The number of ether oxygens (including phenoxy) is 1. The normalized spacial score (nSPS) is 20.6. The lowest BCUT2D eigenvalue weighted by Gasteiger charge is -2.23. The molecule has 1 fully saturated rings. The van der Waals surface area contributed by atoms with E-state index in [1.807, 2.05) is 6.07 Å². The van der Waals surface area contributed by atoms with Crippen molar-refractivity contribution in [1.29, 1.82) is 5.26 Å². The molecule has 2 unspecified atom stereocenters. The maximum atomic E-state index is 13.0. The third-order valence-corrected chi connectivity index (χ3v) is 3.58. The average Bonchev–Trinajstić information content (AvgIpc) is 2.42. The number of halogens is 2. The molecule has 0 radical (unpaired) electrons. The Morgan fingerprint density at radius 1 is 1.58 bits per heavy atom. The van der Waals surface area contributed by atoms with Crippen molar-refractivity contribution in [1.82, 2.24) is 0 Å². The number of rotatable bonds is 3. The van der Waals surface area contributed by atoms with E-state index in [0.717, 1.165) is 18.9 Å². The van der Waals surface area contributed by atoms with E-state index in [2.05, 4.69) is 0 Å². The van der Waals surface area contributed by atoms with Crippen molar-refractivity contribution in [2.45, 2.75) is 18.8 Å². The van der Waals surface area contributed by atoms with Crippen LogP contribution in [-0.4, -0.2) is 19.0 Å². The number of carbonyl (C=O) groups excluding carboxylic acids is 1. The summed E-state index contributed by atoms with van der Waals surface area (Å²) in [6.07, 6.45) is 1.53. The minimum atomic E-state index is -0.959. The molecule has 0 N–H and O–H groups in total. The topological polar surface area (TPSA) is 50.1 Å². The van der Waals surface area contributed by atoms with Crippen molar-refractivity contribution in [2.75, 3.05) is 13.2 Å². The molecule has 2 rings (SSSR count). The van der Waals surface area contributed by atoms with E-state index in [9.17, 15) is 14.4 Å². The van der Waals surface area contributed by atoms with Crippen LogP contribution in [0.15, 0.2) is 18.2 Å². The highest BCUT2D eigenvalue weighted by Gasteiger charge is 2.31. The summed E-state index contributed by atoms with van der Waals surface area (Å²) < 4.78 is 18.3. The van der Waals surface area contributed by atoms with E-state index >= 15 is 0 Å². The van der Waals surface area contributed by atoms with E-state index < -0.39 is 11.7 Å². The number of nitriles is 1. The number of benzene rings is 1. The molecule has 19 heavy (non-hydrogen) atoms. The minimum Gasteiger partial charge on any atom is -0.381 e. The van der Waals surface area contributed by atoms with Gasteiger partial charge in [0.15, 0.2) is 5.78 Å². The predicted molar refractivity (Wildman–Crippen MR) is 68.3 cm³/mol. The molecule has 0 saturated carbocycles. The summed E-state index contributed by atoms with van der Waals surface area (Å²) >= 11 is 5.91. The van der Waals surface area contributed by atoms with E-state index in [1.165, 1.54) is 12.1 Å². The second kappa shape index (κ2) is 6.14. The van der Waals surface area contributed by atoms with Gasteiger partial charge in [-0.1, -0.05) is 17.7 Å². The first-order chi connectivity index (χ1) is 9.13. The van der Waals surface area contributed by atoms with Crippen molar-refractivity contribution in [3.05, 3.63) is 34.6 Å². The van der Waals surface area contributed by atoms with Crippen LogP contribution in [0.3, 0.4) is 0 Å². The van der Waals surface area contributed by atoms with Gasteiger partial charge >= 0.3 is 0 Å². The molecule has 0 amide bonds. The van der Waals surface area contributed by atoms with Crippen LogP contribution in [0.4, 0.5) is 4.39 Å². The predicted octanol–water partition coefficient (Wildman–Crippen LogP) is 3.08. The van der Waals surface area contributed by atoms with Gasteiger partial charge in [0.05, 0.1) is 12.7 Å². The van der Waals surface area contributed by atoms with E-state index in [4.69, 9.17) is 16.3 Å². The first-order valence-corrected chi connectivity index (χ1v) is 6.47. The Labute approximate surface area is 115 Å². The average molecular weight is 282 g/mol. The van der Waals surface area contributed by atoms with Gasteiger partial charge in [-0.05, 0) is 30.5 Å². The third-order valence-electron chi connectivity index (χ3n) is 3.25. The maximum Gasteiger partial charge on any atom is 0.159 e. The smallest absolute Gasteiger partial charge is 0.159 e. The van der Waals surface area contributed by atoms with Gasteiger partial charge in [0, 0.05) is 17.5 Å². The van der Waals surface area contributed by atoms with Crippen LogP contribution >= 0.6 is 11.6 Å². The Kier molecular flexibility index (Phi) is 4.52. The van der Waals surface area contributed by atoms with Crippen molar-refractivity contribution in [3.63, 3.8) is 0 Å². The number of carbonyl (C=O) groups is 1. The molecule has 0 aliphatic carbocycles. The van der Waals surface area contributed by atoms with Crippen molar-refractivity contribution in [3.8, 4) is 6.07 Å². The largest absolute Gasteiger partial charge is 0.381 e. The highest BCUT2D eigenvalue weighted by molar-refractivity contribution is 6.31. The van der Waals surface area contributed by atoms with Crippen molar-refractivity contribution < 1.29 is 13.9 Å². The Balaban J connectivity index is 2.24. The van der Waals surface area contributed by atoms with Crippen LogP contribution in [-0.2, 0) is 9.53 Å². The Morgan fingerprint density at radius 3 is 2.95 bits per heavy atom. The molecule has 1 saturated heterocycles.